The number of hydrogen-bond acceptors (Lipinski definition) is 3. The molecule has 1 heterocycles. The quantitative estimate of drug-likeness (QED) is 0.863. The van der Waals surface area contributed by atoms with Gasteiger partial charge in [0.05, 0.1) is 11.7 Å². The van der Waals surface area contributed by atoms with Gasteiger partial charge < -0.3 is 9.84 Å². The highest BCUT2D eigenvalue weighted by molar-refractivity contribution is 6.30. The highest BCUT2D eigenvalue weighted by atomic mass is 35.5. The summed E-state index contributed by atoms with van der Waals surface area (Å²) in [6.45, 7) is 3.50. The van der Waals surface area contributed by atoms with E-state index in [1.165, 1.54) is 7.11 Å². The molecule has 1 N–H and O–H groups in total. The van der Waals surface area contributed by atoms with Crippen molar-refractivity contribution in [3.8, 4) is 0 Å². The summed E-state index contributed by atoms with van der Waals surface area (Å²) >= 11 is 5.69. The van der Waals surface area contributed by atoms with Crippen molar-refractivity contribution in [2.24, 2.45) is 0 Å². The van der Waals surface area contributed by atoms with E-state index in [0.717, 1.165) is 12.1 Å². The molecule has 108 valence electrons. The number of aliphatic hydroxyl groups is 1. The van der Waals surface area contributed by atoms with Crippen LogP contribution >= 0.6 is 11.6 Å². The Balaban J connectivity index is 2.97. The van der Waals surface area contributed by atoms with Crippen LogP contribution < -0.4 is 0 Å². The zero-order chi connectivity index (χ0) is 14.8. The van der Waals surface area contributed by atoms with Gasteiger partial charge in [0.25, 0.3) is 0 Å². The summed E-state index contributed by atoms with van der Waals surface area (Å²) < 4.78 is 42.4. The summed E-state index contributed by atoms with van der Waals surface area (Å²) in [6, 6.07) is 1.93. The van der Waals surface area contributed by atoms with Crippen molar-refractivity contribution in [3.63, 3.8) is 0 Å². The number of aromatic nitrogens is 1. The van der Waals surface area contributed by atoms with Gasteiger partial charge >= 0.3 is 6.18 Å². The Hall–Kier alpha value is -0.850. The van der Waals surface area contributed by atoms with Gasteiger partial charge in [-0.05, 0) is 19.9 Å². The van der Waals surface area contributed by atoms with Crippen LogP contribution in [0.3, 0.4) is 0 Å². The average molecular weight is 298 g/mol. The monoisotopic (exact) mass is 297 g/mol. The molecule has 0 aliphatic carbocycles. The number of aliphatic hydroxyl groups excluding tert-OH is 1. The van der Waals surface area contributed by atoms with Crippen LogP contribution in [-0.4, -0.2) is 22.8 Å². The summed E-state index contributed by atoms with van der Waals surface area (Å²) in [4.78, 5) is 3.26. The van der Waals surface area contributed by atoms with Crippen LogP contribution in [0.4, 0.5) is 13.2 Å². The van der Waals surface area contributed by atoms with Gasteiger partial charge in [-0.25, -0.2) is 4.98 Å². The average Bonchev–Trinajstić information content (AvgIpc) is 2.26. The molecule has 0 fully saturated rings. The van der Waals surface area contributed by atoms with Crippen molar-refractivity contribution in [2.75, 3.05) is 7.11 Å². The van der Waals surface area contributed by atoms with E-state index in [2.05, 4.69) is 4.98 Å². The van der Waals surface area contributed by atoms with E-state index in [0.29, 0.717) is 0 Å². The van der Waals surface area contributed by atoms with Gasteiger partial charge in [0.1, 0.15) is 10.8 Å². The lowest BCUT2D eigenvalue weighted by atomic mass is 9.96. The van der Waals surface area contributed by atoms with Crippen molar-refractivity contribution in [1.82, 2.24) is 4.98 Å². The molecule has 0 saturated heterocycles. The zero-order valence-corrected chi connectivity index (χ0v) is 11.5. The third kappa shape index (κ3) is 4.33. The lowest BCUT2D eigenvalue weighted by Gasteiger charge is -2.26. The van der Waals surface area contributed by atoms with Gasteiger partial charge in [0, 0.05) is 19.1 Å². The first-order valence-corrected chi connectivity index (χ1v) is 5.91. The number of nitrogens with zero attached hydrogens (tertiary/aromatic N) is 1. The van der Waals surface area contributed by atoms with Gasteiger partial charge in [-0.2, -0.15) is 13.2 Å². The maximum atomic E-state index is 12.4. The van der Waals surface area contributed by atoms with Gasteiger partial charge in [0.15, 0.2) is 0 Å². The third-order valence-corrected chi connectivity index (χ3v) is 3.07. The second-order valence-corrected chi connectivity index (χ2v) is 5.12. The van der Waals surface area contributed by atoms with E-state index >= 15 is 0 Å². The van der Waals surface area contributed by atoms with Crippen molar-refractivity contribution in [2.45, 2.75) is 38.1 Å². The Kier molecular flexibility index (Phi) is 4.81. The smallest absolute Gasteiger partial charge is 0.388 e. The Labute approximate surface area is 114 Å². The molecule has 0 aromatic carbocycles. The molecule has 1 aromatic rings. The Bertz CT molecular complexity index is 449. The molecule has 19 heavy (non-hydrogen) atoms. The molecule has 1 atom stereocenters. The lowest BCUT2D eigenvalue weighted by Crippen LogP contribution is -2.25. The predicted octanol–water partition coefficient (Wildman–Crippen LogP) is 3.60. The lowest BCUT2D eigenvalue weighted by molar-refractivity contribution is -0.141. The van der Waals surface area contributed by atoms with Crippen LogP contribution in [0.1, 0.15) is 37.6 Å². The number of halogens is 4. The van der Waals surface area contributed by atoms with Crippen molar-refractivity contribution in [1.29, 1.82) is 0 Å². The van der Waals surface area contributed by atoms with Crippen LogP contribution in [0.5, 0.6) is 0 Å². The van der Waals surface area contributed by atoms with Crippen molar-refractivity contribution >= 4 is 11.6 Å². The topological polar surface area (TPSA) is 42.4 Å². The maximum absolute atomic E-state index is 12.4. The third-order valence-electron chi connectivity index (χ3n) is 2.76. The number of ether oxygens (including phenoxy) is 1. The molecule has 1 aromatic heterocycles. The molecule has 0 amide bonds. The molecule has 3 nitrogen and oxygen atoms in total. The molecule has 1 unspecified atom stereocenters. The minimum atomic E-state index is -4.56. The summed E-state index contributed by atoms with van der Waals surface area (Å²) in [5.74, 6) is 0. The molecule has 1 rings (SSSR count). The summed E-state index contributed by atoms with van der Waals surface area (Å²) in [5.41, 5.74) is -1.55. The SMILES string of the molecule is COC(C)(C)CC(O)c1ccc(C(F)(F)F)nc1Cl. The Morgan fingerprint density at radius 3 is 2.37 bits per heavy atom. The first kappa shape index (κ1) is 16.2. The molecule has 0 aliphatic heterocycles. The fourth-order valence-electron chi connectivity index (χ4n) is 1.51. The van der Waals surface area contributed by atoms with Crippen LogP contribution in [0.25, 0.3) is 0 Å². The highest BCUT2D eigenvalue weighted by Gasteiger charge is 2.33. The fourth-order valence-corrected chi connectivity index (χ4v) is 1.79. The first-order chi connectivity index (χ1) is 8.57. The number of pyridine rings is 1. The number of rotatable bonds is 4. The van der Waals surface area contributed by atoms with E-state index in [9.17, 15) is 18.3 Å². The predicted molar refractivity (Wildman–Crippen MR) is 64.9 cm³/mol. The van der Waals surface area contributed by atoms with Crippen molar-refractivity contribution < 1.29 is 23.0 Å². The Morgan fingerprint density at radius 1 is 1.37 bits per heavy atom. The summed E-state index contributed by atoms with van der Waals surface area (Å²) in [5, 5.41) is 9.62. The molecule has 0 radical (unpaired) electrons. The Morgan fingerprint density at radius 2 is 1.95 bits per heavy atom. The maximum Gasteiger partial charge on any atom is 0.433 e. The molecule has 0 spiro atoms. The number of alkyl halides is 3. The summed E-state index contributed by atoms with van der Waals surface area (Å²) in [7, 11) is 1.49. The minimum absolute atomic E-state index is 0.153. The van der Waals surface area contributed by atoms with Crippen molar-refractivity contribution in [3.05, 3.63) is 28.5 Å². The van der Waals surface area contributed by atoms with E-state index < -0.39 is 23.6 Å². The van der Waals surface area contributed by atoms with Gasteiger partial charge in [-0.1, -0.05) is 17.7 Å². The van der Waals surface area contributed by atoms with Gasteiger partial charge in [-0.15, -0.1) is 0 Å². The normalized spacial score (nSPS) is 14.5. The van der Waals surface area contributed by atoms with Crippen LogP contribution in [-0.2, 0) is 10.9 Å². The molecule has 0 aliphatic rings. The van der Waals surface area contributed by atoms with Gasteiger partial charge in [-0.3, -0.25) is 0 Å². The second-order valence-electron chi connectivity index (χ2n) is 4.76. The highest BCUT2D eigenvalue weighted by Crippen LogP contribution is 2.33. The first-order valence-electron chi connectivity index (χ1n) is 5.53. The van der Waals surface area contributed by atoms with E-state index in [1.54, 1.807) is 13.8 Å². The summed E-state index contributed by atoms with van der Waals surface area (Å²) in [6.07, 6.45) is -5.41. The molecule has 0 saturated carbocycles. The zero-order valence-electron chi connectivity index (χ0n) is 10.8. The molecule has 7 heteroatoms. The standard InChI is InChI=1S/C12H15ClF3NO2/c1-11(2,19-3)6-8(18)7-4-5-9(12(14,15)16)17-10(7)13/h4-5,8,18H,6H2,1-3H3. The van der Waals surface area contributed by atoms with Gasteiger partial charge in [0.2, 0.25) is 0 Å². The van der Waals surface area contributed by atoms with E-state index in [1.807, 2.05) is 0 Å². The fraction of sp³-hybridized carbons (Fsp3) is 0.583. The minimum Gasteiger partial charge on any atom is -0.388 e. The number of methoxy groups -OCH3 is 1. The molecule has 0 bridgehead atoms. The number of hydrogen-bond donors (Lipinski definition) is 1. The van der Waals surface area contributed by atoms with E-state index in [-0.39, 0.29) is 17.1 Å². The molecular formula is C12H15ClF3NO2. The molecular weight excluding hydrogens is 283 g/mol. The van der Waals surface area contributed by atoms with E-state index in [4.69, 9.17) is 16.3 Å². The second kappa shape index (κ2) is 5.64. The van der Waals surface area contributed by atoms with Crippen LogP contribution in [0, 0.1) is 0 Å². The van der Waals surface area contributed by atoms with Crippen LogP contribution in [0.2, 0.25) is 5.15 Å². The largest absolute Gasteiger partial charge is 0.433 e. The van der Waals surface area contributed by atoms with Crippen LogP contribution in [0.15, 0.2) is 12.1 Å².